The summed E-state index contributed by atoms with van der Waals surface area (Å²) < 4.78 is 12.7. The first-order chi connectivity index (χ1) is 14.6. The third kappa shape index (κ3) is 2.67. The van der Waals surface area contributed by atoms with E-state index < -0.39 is 5.72 Å². The number of ether oxygens (including phenoxy) is 2. The number of aliphatic imine (C=N–C) groups is 1. The van der Waals surface area contributed by atoms with Gasteiger partial charge in [-0.25, -0.2) is 0 Å². The molecule has 5 rings (SSSR count). The van der Waals surface area contributed by atoms with E-state index in [2.05, 4.69) is 86.3 Å². The van der Waals surface area contributed by atoms with Gasteiger partial charge in [-0.3, -0.25) is 4.99 Å². The molecule has 0 saturated carbocycles. The summed E-state index contributed by atoms with van der Waals surface area (Å²) >= 11 is 0. The Morgan fingerprint density at radius 2 is 1.77 bits per heavy atom. The Bertz CT molecular complexity index is 1120. The van der Waals surface area contributed by atoms with E-state index in [9.17, 15) is 0 Å². The molecule has 0 radical (unpaired) electrons. The van der Waals surface area contributed by atoms with Crippen molar-refractivity contribution in [3.63, 3.8) is 0 Å². The van der Waals surface area contributed by atoms with Crippen molar-refractivity contribution in [2.75, 3.05) is 24.7 Å². The highest BCUT2D eigenvalue weighted by molar-refractivity contribution is 5.99. The third-order valence-electron chi connectivity index (χ3n) is 6.47. The number of benzene rings is 3. The second-order valence-corrected chi connectivity index (χ2v) is 8.60. The van der Waals surface area contributed by atoms with Gasteiger partial charge in [-0.15, -0.1) is 0 Å². The van der Waals surface area contributed by atoms with Crippen LogP contribution in [0.3, 0.4) is 0 Å². The zero-order valence-corrected chi connectivity index (χ0v) is 17.9. The van der Waals surface area contributed by atoms with Crippen molar-refractivity contribution in [1.29, 1.82) is 0 Å². The van der Waals surface area contributed by atoms with Crippen LogP contribution in [-0.2, 0) is 10.2 Å². The number of nitrogens with zero attached hydrogens (tertiary/aromatic N) is 2. The average molecular weight is 401 g/mol. The minimum Gasteiger partial charge on any atom is -0.459 e. The molecule has 3 aromatic carbocycles. The van der Waals surface area contributed by atoms with E-state index in [0.29, 0.717) is 6.61 Å². The molecule has 30 heavy (non-hydrogen) atoms. The van der Waals surface area contributed by atoms with Gasteiger partial charge in [0.15, 0.2) is 0 Å². The second-order valence-electron chi connectivity index (χ2n) is 8.60. The van der Waals surface area contributed by atoms with Gasteiger partial charge in [0.05, 0.1) is 18.2 Å². The quantitative estimate of drug-likeness (QED) is 0.504. The predicted molar refractivity (Wildman–Crippen MR) is 123 cm³/mol. The molecule has 0 bridgehead atoms. The fourth-order valence-corrected chi connectivity index (χ4v) is 4.85. The SMILES string of the molecule is CCCOCCN1c2ccccc2C(C)(C)C12C=Nc1c(ccc3ccccc13)O2. The molecular formula is C26H28N2O2. The first-order valence-electron chi connectivity index (χ1n) is 10.8. The highest BCUT2D eigenvalue weighted by atomic mass is 16.5. The summed E-state index contributed by atoms with van der Waals surface area (Å²) in [6, 6.07) is 21.1. The average Bonchev–Trinajstić information content (AvgIpc) is 2.95. The predicted octanol–water partition coefficient (Wildman–Crippen LogP) is 5.86. The molecule has 1 atom stereocenters. The van der Waals surface area contributed by atoms with Crippen LogP contribution in [0, 0.1) is 0 Å². The summed E-state index contributed by atoms with van der Waals surface area (Å²) in [6.07, 6.45) is 3.03. The van der Waals surface area contributed by atoms with Gasteiger partial charge in [0.25, 0.3) is 0 Å². The highest BCUT2D eigenvalue weighted by Crippen LogP contribution is 2.54. The molecule has 154 valence electrons. The maximum absolute atomic E-state index is 6.88. The van der Waals surface area contributed by atoms with Gasteiger partial charge in [-0.1, -0.05) is 55.5 Å². The van der Waals surface area contributed by atoms with E-state index in [1.54, 1.807) is 0 Å². The molecule has 4 heteroatoms. The molecular weight excluding hydrogens is 372 g/mol. The molecule has 0 aliphatic carbocycles. The maximum atomic E-state index is 6.88. The summed E-state index contributed by atoms with van der Waals surface area (Å²) in [5.74, 6) is 0.830. The van der Waals surface area contributed by atoms with E-state index in [4.69, 9.17) is 14.5 Å². The Kier molecular flexibility index (Phi) is 4.55. The van der Waals surface area contributed by atoms with Gasteiger partial charge >= 0.3 is 0 Å². The molecule has 1 unspecified atom stereocenters. The second kappa shape index (κ2) is 7.13. The number of para-hydroxylation sites is 1. The monoisotopic (exact) mass is 400 g/mol. The van der Waals surface area contributed by atoms with Gasteiger partial charge in [0.2, 0.25) is 5.72 Å². The smallest absolute Gasteiger partial charge is 0.228 e. The van der Waals surface area contributed by atoms with E-state index in [1.165, 1.54) is 16.6 Å². The molecule has 0 aromatic heterocycles. The molecule has 2 aliphatic heterocycles. The first kappa shape index (κ1) is 19.1. The molecule has 0 saturated heterocycles. The summed E-state index contributed by atoms with van der Waals surface area (Å²) in [5.41, 5.74) is 2.41. The van der Waals surface area contributed by atoms with Crippen LogP contribution in [0.1, 0.15) is 32.8 Å². The topological polar surface area (TPSA) is 34.1 Å². The number of rotatable bonds is 5. The summed E-state index contributed by atoms with van der Waals surface area (Å²) in [7, 11) is 0. The van der Waals surface area contributed by atoms with E-state index >= 15 is 0 Å². The largest absolute Gasteiger partial charge is 0.459 e. The van der Waals surface area contributed by atoms with Crippen molar-refractivity contribution in [3.05, 3.63) is 66.2 Å². The number of hydrogen-bond acceptors (Lipinski definition) is 4. The lowest BCUT2D eigenvalue weighted by Gasteiger charge is -2.46. The van der Waals surface area contributed by atoms with Gasteiger partial charge in [0, 0.05) is 24.2 Å². The fourth-order valence-electron chi connectivity index (χ4n) is 4.85. The Labute approximate surface area is 178 Å². The van der Waals surface area contributed by atoms with Crippen LogP contribution in [0.5, 0.6) is 5.75 Å². The number of anilines is 1. The standard InChI is InChI=1S/C26H28N2O2/c1-4-16-29-17-15-28-22-12-8-7-11-21(22)25(2,3)26(28)18-27-24-20-10-6-5-9-19(20)13-14-23(24)30-26/h5-14,18H,4,15-17H2,1-3H3. The van der Waals surface area contributed by atoms with Crippen molar-refractivity contribution in [2.24, 2.45) is 4.99 Å². The lowest BCUT2D eigenvalue weighted by Crippen LogP contribution is -2.62. The number of fused-ring (bicyclic) bond motifs is 4. The van der Waals surface area contributed by atoms with Crippen LogP contribution in [0.25, 0.3) is 10.8 Å². The van der Waals surface area contributed by atoms with Gasteiger partial charge in [0.1, 0.15) is 11.4 Å². The first-order valence-corrected chi connectivity index (χ1v) is 10.8. The molecule has 0 amide bonds. The minimum absolute atomic E-state index is 0.277. The Morgan fingerprint density at radius 3 is 2.63 bits per heavy atom. The van der Waals surface area contributed by atoms with Crippen molar-refractivity contribution in [1.82, 2.24) is 0 Å². The van der Waals surface area contributed by atoms with E-state index in [-0.39, 0.29) is 5.41 Å². The molecule has 4 nitrogen and oxygen atoms in total. The Balaban J connectivity index is 1.61. The summed E-state index contributed by atoms with van der Waals surface area (Å²) in [4.78, 5) is 7.33. The zero-order valence-electron chi connectivity index (χ0n) is 17.9. The molecule has 1 spiro atoms. The van der Waals surface area contributed by atoms with Crippen molar-refractivity contribution < 1.29 is 9.47 Å². The molecule has 3 aromatic rings. The summed E-state index contributed by atoms with van der Waals surface area (Å²) in [6.45, 7) is 8.80. The van der Waals surface area contributed by atoms with Crippen LogP contribution in [0.2, 0.25) is 0 Å². The molecule has 2 heterocycles. The van der Waals surface area contributed by atoms with Crippen molar-refractivity contribution in [3.8, 4) is 5.75 Å². The Morgan fingerprint density at radius 1 is 0.967 bits per heavy atom. The number of hydrogen-bond donors (Lipinski definition) is 0. The van der Waals surface area contributed by atoms with Gasteiger partial charge < -0.3 is 14.4 Å². The van der Waals surface area contributed by atoms with Crippen LogP contribution >= 0.6 is 0 Å². The minimum atomic E-state index is -0.693. The lowest BCUT2D eigenvalue weighted by molar-refractivity contribution is 0.0666. The van der Waals surface area contributed by atoms with Crippen LogP contribution in [0.4, 0.5) is 11.4 Å². The maximum Gasteiger partial charge on any atom is 0.228 e. The molecule has 0 fully saturated rings. The fraction of sp³-hybridized carbons (Fsp3) is 0.346. The Hall–Kier alpha value is -2.85. The van der Waals surface area contributed by atoms with Crippen molar-refractivity contribution >= 4 is 28.4 Å². The van der Waals surface area contributed by atoms with E-state index in [1.807, 2.05) is 6.21 Å². The van der Waals surface area contributed by atoms with Crippen LogP contribution < -0.4 is 9.64 Å². The van der Waals surface area contributed by atoms with Crippen molar-refractivity contribution in [2.45, 2.75) is 38.3 Å². The highest BCUT2D eigenvalue weighted by Gasteiger charge is 2.59. The normalized spacial score (nSPS) is 21.0. The van der Waals surface area contributed by atoms with Gasteiger partial charge in [-0.2, -0.15) is 0 Å². The van der Waals surface area contributed by atoms with E-state index in [0.717, 1.165) is 36.4 Å². The van der Waals surface area contributed by atoms with Crippen LogP contribution in [0.15, 0.2) is 65.7 Å². The third-order valence-corrected chi connectivity index (χ3v) is 6.47. The zero-order chi connectivity index (χ0) is 20.8. The van der Waals surface area contributed by atoms with Crippen LogP contribution in [-0.4, -0.2) is 31.7 Å². The molecule has 2 aliphatic rings. The molecule has 0 N–H and O–H groups in total. The van der Waals surface area contributed by atoms with Gasteiger partial charge in [-0.05, 0) is 43.4 Å². The summed E-state index contributed by atoms with van der Waals surface area (Å²) in [5, 5.41) is 2.29. The lowest BCUT2D eigenvalue weighted by atomic mass is 9.77.